The zero-order valence-electron chi connectivity index (χ0n) is 16.8. The van der Waals surface area contributed by atoms with Crippen molar-refractivity contribution in [1.29, 1.82) is 0 Å². The van der Waals surface area contributed by atoms with Gasteiger partial charge in [0.1, 0.15) is 18.1 Å². The molecule has 0 aliphatic rings. The summed E-state index contributed by atoms with van der Waals surface area (Å²) in [5.41, 5.74) is 4.26. The predicted molar refractivity (Wildman–Crippen MR) is 109 cm³/mol. The van der Waals surface area contributed by atoms with E-state index in [1.165, 1.54) is 6.92 Å². The molecule has 6 nitrogen and oxygen atoms in total. The lowest BCUT2D eigenvalue weighted by molar-refractivity contribution is -0.119. The van der Waals surface area contributed by atoms with Gasteiger partial charge >= 0.3 is 0 Å². The number of Topliss-reactive ketones (excluding diaryl/α,β-unsaturated/α-hetero) is 1. The Balaban J connectivity index is 1.59. The monoisotopic (exact) mass is 392 g/mol. The highest BCUT2D eigenvalue weighted by Crippen LogP contribution is 2.19. The van der Waals surface area contributed by atoms with Gasteiger partial charge in [-0.2, -0.15) is 0 Å². The van der Waals surface area contributed by atoms with E-state index in [9.17, 15) is 9.59 Å². The molecule has 1 heterocycles. The zero-order valence-corrected chi connectivity index (χ0v) is 16.8. The molecule has 29 heavy (non-hydrogen) atoms. The minimum Gasteiger partial charge on any atom is -0.489 e. The number of carbonyl (C=O) groups is 2. The highest BCUT2D eigenvalue weighted by Gasteiger charge is 2.11. The summed E-state index contributed by atoms with van der Waals surface area (Å²) in [6.07, 6.45) is 0.299. The first-order chi connectivity index (χ1) is 13.9. The van der Waals surface area contributed by atoms with Gasteiger partial charge in [-0.05, 0) is 49.2 Å². The van der Waals surface area contributed by atoms with Crippen LogP contribution in [0.1, 0.15) is 45.4 Å². The third-order valence-corrected chi connectivity index (χ3v) is 4.64. The van der Waals surface area contributed by atoms with Gasteiger partial charge in [-0.15, -0.1) is 0 Å². The maximum Gasteiger partial charge on any atom is 0.217 e. The molecule has 0 aliphatic carbocycles. The molecule has 2 aromatic carbocycles. The number of hydrogen-bond acceptors (Lipinski definition) is 5. The van der Waals surface area contributed by atoms with Gasteiger partial charge in [-0.25, -0.2) is 0 Å². The molecule has 150 valence electrons. The largest absolute Gasteiger partial charge is 0.489 e. The number of hydrogen-bond donors (Lipinski definition) is 1. The van der Waals surface area contributed by atoms with Crippen LogP contribution >= 0.6 is 0 Å². The molecule has 0 unspecified atom stereocenters. The van der Waals surface area contributed by atoms with Gasteiger partial charge in [0.25, 0.3) is 0 Å². The van der Waals surface area contributed by atoms with Crippen LogP contribution in [0.5, 0.6) is 5.75 Å². The van der Waals surface area contributed by atoms with E-state index in [0.717, 1.165) is 28.1 Å². The quantitative estimate of drug-likeness (QED) is 0.588. The Bertz CT molecular complexity index is 986. The van der Waals surface area contributed by atoms with Gasteiger partial charge in [0.2, 0.25) is 5.91 Å². The van der Waals surface area contributed by atoms with Gasteiger partial charge in [0, 0.05) is 25.5 Å². The first kappa shape index (κ1) is 20.3. The lowest BCUT2D eigenvalue weighted by Crippen LogP contribution is -2.19. The van der Waals surface area contributed by atoms with E-state index in [1.54, 1.807) is 24.3 Å². The lowest BCUT2D eigenvalue weighted by atomic mass is 10.0. The second kappa shape index (κ2) is 9.19. The Morgan fingerprint density at radius 3 is 2.45 bits per heavy atom. The molecular weight excluding hydrogens is 368 g/mol. The number of benzene rings is 2. The van der Waals surface area contributed by atoms with Crippen LogP contribution in [-0.4, -0.2) is 16.8 Å². The Hall–Kier alpha value is -3.41. The average molecular weight is 392 g/mol. The van der Waals surface area contributed by atoms with Gasteiger partial charge in [-0.3, -0.25) is 9.59 Å². The van der Waals surface area contributed by atoms with Crippen molar-refractivity contribution in [2.45, 2.75) is 40.3 Å². The summed E-state index contributed by atoms with van der Waals surface area (Å²) in [6.45, 7) is 6.03. The number of amides is 1. The van der Waals surface area contributed by atoms with Gasteiger partial charge < -0.3 is 14.6 Å². The molecule has 0 fully saturated rings. The van der Waals surface area contributed by atoms with Crippen LogP contribution in [0.15, 0.2) is 53.1 Å². The Labute approximate surface area is 169 Å². The summed E-state index contributed by atoms with van der Waals surface area (Å²) in [5, 5.41) is 6.67. The molecule has 0 atom stereocenters. The summed E-state index contributed by atoms with van der Waals surface area (Å²) in [6, 6.07) is 14.8. The van der Waals surface area contributed by atoms with Crippen LogP contribution in [0.4, 0.5) is 0 Å². The summed E-state index contributed by atoms with van der Waals surface area (Å²) in [7, 11) is 0. The van der Waals surface area contributed by atoms with Crippen molar-refractivity contribution >= 4 is 11.7 Å². The summed E-state index contributed by atoms with van der Waals surface area (Å²) in [4.78, 5) is 23.7. The van der Waals surface area contributed by atoms with E-state index in [1.807, 2.05) is 38.1 Å². The molecule has 1 amide bonds. The second-order valence-electron chi connectivity index (χ2n) is 6.95. The fourth-order valence-electron chi connectivity index (χ4n) is 2.96. The summed E-state index contributed by atoms with van der Waals surface area (Å²) < 4.78 is 10.9. The molecule has 0 bridgehead atoms. The average Bonchev–Trinajstić information content (AvgIpc) is 3.03. The molecular formula is C23H24N2O4. The van der Waals surface area contributed by atoms with Crippen LogP contribution < -0.4 is 10.1 Å². The smallest absolute Gasteiger partial charge is 0.217 e. The standard InChI is InChI=1S/C23H24N2O4/c1-15-22(16(2)29-25-15)14-28-21-9-7-20(8-10-21)23(27)12-18-5-4-6-19(11-18)13-24-17(3)26/h4-11H,12-14H2,1-3H3,(H,24,26). The van der Waals surface area contributed by atoms with Crippen LogP contribution in [0.2, 0.25) is 0 Å². The zero-order chi connectivity index (χ0) is 20.8. The topological polar surface area (TPSA) is 81.4 Å². The van der Waals surface area contributed by atoms with Crippen molar-refractivity contribution in [3.8, 4) is 5.75 Å². The maximum atomic E-state index is 12.6. The fraction of sp³-hybridized carbons (Fsp3) is 0.261. The lowest BCUT2D eigenvalue weighted by Gasteiger charge is -2.08. The first-order valence-corrected chi connectivity index (χ1v) is 9.42. The van der Waals surface area contributed by atoms with Gasteiger partial charge in [0.15, 0.2) is 5.78 Å². The maximum absolute atomic E-state index is 12.6. The molecule has 1 aromatic heterocycles. The van der Waals surface area contributed by atoms with Crippen LogP contribution in [0, 0.1) is 13.8 Å². The number of nitrogens with one attached hydrogen (secondary N) is 1. The van der Waals surface area contributed by atoms with E-state index in [2.05, 4.69) is 10.5 Å². The van der Waals surface area contributed by atoms with E-state index >= 15 is 0 Å². The van der Waals surface area contributed by atoms with Crippen molar-refractivity contribution in [1.82, 2.24) is 10.5 Å². The number of aryl methyl sites for hydroxylation is 2. The van der Waals surface area contributed by atoms with Crippen molar-refractivity contribution in [2.24, 2.45) is 0 Å². The molecule has 0 saturated carbocycles. The number of aromatic nitrogens is 1. The van der Waals surface area contributed by atoms with Gasteiger partial charge in [0.05, 0.1) is 11.3 Å². The Morgan fingerprint density at radius 1 is 1.07 bits per heavy atom. The number of nitrogens with zero attached hydrogens (tertiary/aromatic N) is 1. The van der Waals surface area contributed by atoms with E-state index < -0.39 is 0 Å². The molecule has 0 radical (unpaired) electrons. The van der Waals surface area contributed by atoms with Crippen molar-refractivity contribution in [3.63, 3.8) is 0 Å². The second-order valence-corrected chi connectivity index (χ2v) is 6.95. The van der Waals surface area contributed by atoms with Crippen LogP contribution in [-0.2, 0) is 24.4 Å². The van der Waals surface area contributed by atoms with Crippen LogP contribution in [0.3, 0.4) is 0 Å². The molecule has 6 heteroatoms. The summed E-state index contributed by atoms with van der Waals surface area (Å²) >= 11 is 0. The van der Waals surface area contributed by atoms with Crippen LogP contribution in [0.25, 0.3) is 0 Å². The van der Waals surface area contributed by atoms with Crippen molar-refractivity contribution < 1.29 is 18.8 Å². The molecule has 0 saturated heterocycles. The molecule has 0 spiro atoms. The molecule has 1 N–H and O–H groups in total. The third-order valence-electron chi connectivity index (χ3n) is 4.64. The minimum atomic E-state index is -0.0804. The first-order valence-electron chi connectivity index (χ1n) is 9.42. The normalized spacial score (nSPS) is 10.6. The SMILES string of the molecule is CC(=O)NCc1cccc(CC(=O)c2ccc(OCc3c(C)noc3C)cc2)c1. The molecule has 3 rings (SSSR count). The highest BCUT2D eigenvalue weighted by atomic mass is 16.5. The summed E-state index contributed by atoms with van der Waals surface area (Å²) in [5.74, 6) is 1.37. The van der Waals surface area contributed by atoms with Crippen molar-refractivity contribution in [3.05, 3.63) is 82.2 Å². The fourth-order valence-corrected chi connectivity index (χ4v) is 2.96. The van der Waals surface area contributed by atoms with E-state index in [-0.39, 0.29) is 11.7 Å². The van der Waals surface area contributed by atoms with E-state index in [0.29, 0.717) is 30.9 Å². The van der Waals surface area contributed by atoms with E-state index in [4.69, 9.17) is 9.26 Å². The third kappa shape index (κ3) is 5.54. The number of carbonyl (C=O) groups excluding carboxylic acids is 2. The number of rotatable bonds is 8. The number of ether oxygens (including phenoxy) is 1. The minimum absolute atomic E-state index is 0.0268. The molecule has 0 aliphatic heterocycles. The Morgan fingerprint density at radius 2 is 1.79 bits per heavy atom. The number of ketones is 1. The highest BCUT2D eigenvalue weighted by molar-refractivity contribution is 5.97. The van der Waals surface area contributed by atoms with Gasteiger partial charge in [-0.1, -0.05) is 29.4 Å². The Kier molecular flexibility index (Phi) is 6.44. The molecule has 3 aromatic rings. The van der Waals surface area contributed by atoms with Crippen molar-refractivity contribution in [2.75, 3.05) is 0 Å². The predicted octanol–water partition coefficient (Wildman–Crippen LogP) is 3.93.